The fourth-order valence-corrected chi connectivity index (χ4v) is 1.86. The van der Waals surface area contributed by atoms with Crippen molar-refractivity contribution >= 4 is 5.95 Å². The topological polar surface area (TPSA) is 39.1 Å². The number of hydrogen-bond donors (Lipinski definition) is 1. The Morgan fingerprint density at radius 3 is 3.00 bits per heavy atom. The summed E-state index contributed by atoms with van der Waals surface area (Å²) in [6, 6.07) is 6.85. The van der Waals surface area contributed by atoms with Gasteiger partial charge in [0.15, 0.2) is 0 Å². The largest absolute Gasteiger partial charge is 0.383 e. The predicted molar refractivity (Wildman–Crippen MR) is 72.7 cm³/mol. The summed E-state index contributed by atoms with van der Waals surface area (Å²) in [7, 11) is 1.66. The van der Waals surface area contributed by atoms with E-state index in [0.29, 0.717) is 26.1 Å². The first-order valence-electron chi connectivity index (χ1n) is 6.28. The molecule has 102 valence electrons. The van der Waals surface area contributed by atoms with Crippen LogP contribution in [0.25, 0.3) is 0 Å². The SMILES string of the molecule is COCCNc1nccn1CCc1ccccc1F. The zero-order valence-electron chi connectivity index (χ0n) is 11.0. The van der Waals surface area contributed by atoms with Crippen molar-refractivity contribution in [2.24, 2.45) is 0 Å². The van der Waals surface area contributed by atoms with Crippen LogP contribution in [0.3, 0.4) is 0 Å². The van der Waals surface area contributed by atoms with Crippen molar-refractivity contribution in [2.45, 2.75) is 13.0 Å². The summed E-state index contributed by atoms with van der Waals surface area (Å²) < 4.78 is 20.5. The molecule has 2 rings (SSSR count). The molecule has 0 aliphatic heterocycles. The van der Waals surface area contributed by atoms with Gasteiger partial charge in [-0.1, -0.05) is 18.2 Å². The van der Waals surface area contributed by atoms with Gasteiger partial charge in [0, 0.05) is 32.6 Å². The second-order valence-electron chi connectivity index (χ2n) is 4.21. The third-order valence-corrected chi connectivity index (χ3v) is 2.88. The quantitative estimate of drug-likeness (QED) is 0.779. The van der Waals surface area contributed by atoms with Gasteiger partial charge in [0.2, 0.25) is 5.95 Å². The van der Waals surface area contributed by atoms with Gasteiger partial charge in [-0.05, 0) is 18.1 Å². The average molecular weight is 263 g/mol. The summed E-state index contributed by atoms with van der Waals surface area (Å²) in [5.41, 5.74) is 0.721. The van der Waals surface area contributed by atoms with Crippen LogP contribution in [0.15, 0.2) is 36.7 Å². The number of halogens is 1. The number of nitrogens with one attached hydrogen (secondary N) is 1. The lowest BCUT2D eigenvalue weighted by atomic mass is 10.1. The highest BCUT2D eigenvalue weighted by atomic mass is 19.1. The smallest absolute Gasteiger partial charge is 0.202 e. The number of aryl methyl sites for hydroxylation is 2. The van der Waals surface area contributed by atoms with Crippen LogP contribution in [0.2, 0.25) is 0 Å². The Morgan fingerprint density at radius 2 is 2.21 bits per heavy atom. The molecule has 0 spiro atoms. The Balaban J connectivity index is 1.93. The first kappa shape index (κ1) is 13.5. The van der Waals surface area contributed by atoms with Crippen molar-refractivity contribution in [3.8, 4) is 0 Å². The molecule has 1 aromatic carbocycles. The van der Waals surface area contributed by atoms with Crippen molar-refractivity contribution in [1.29, 1.82) is 0 Å². The van der Waals surface area contributed by atoms with Crippen LogP contribution in [-0.2, 0) is 17.7 Å². The van der Waals surface area contributed by atoms with Crippen molar-refractivity contribution in [3.63, 3.8) is 0 Å². The lowest BCUT2D eigenvalue weighted by Crippen LogP contribution is -2.13. The molecule has 0 bridgehead atoms. The van der Waals surface area contributed by atoms with E-state index < -0.39 is 0 Å². The first-order chi connectivity index (χ1) is 9.31. The number of imidazole rings is 1. The van der Waals surface area contributed by atoms with Gasteiger partial charge >= 0.3 is 0 Å². The van der Waals surface area contributed by atoms with E-state index in [1.807, 2.05) is 22.9 Å². The molecule has 0 amide bonds. The standard InChI is InChI=1S/C14H18FN3O/c1-19-11-8-17-14-16-7-10-18(14)9-6-12-4-2-3-5-13(12)15/h2-5,7,10H,6,8-9,11H2,1H3,(H,16,17). The van der Waals surface area contributed by atoms with Crippen molar-refractivity contribution in [2.75, 3.05) is 25.6 Å². The number of anilines is 1. The molecular formula is C14H18FN3O. The number of hydrogen-bond acceptors (Lipinski definition) is 3. The maximum absolute atomic E-state index is 13.5. The molecule has 5 heteroatoms. The van der Waals surface area contributed by atoms with E-state index >= 15 is 0 Å². The molecule has 0 aliphatic carbocycles. The summed E-state index contributed by atoms with van der Waals surface area (Å²) in [5, 5.41) is 3.18. The van der Waals surface area contributed by atoms with Gasteiger partial charge < -0.3 is 14.6 Å². The molecule has 0 aliphatic rings. The van der Waals surface area contributed by atoms with E-state index in [1.54, 1.807) is 19.4 Å². The maximum Gasteiger partial charge on any atom is 0.202 e. The van der Waals surface area contributed by atoms with Crippen LogP contribution in [0, 0.1) is 5.82 Å². The summed E-state index contributed by atoms with van der Waals surface area (Å²) in [5.74, 6) is 0.630. The molecular weight excluding hydrogens is 245 g/mol. The summed E-state index contributed by atoms with van der Waals surface area (Å²) in [6.45, 7) is 2.02. The average Bonchev–Trinajstić information content (AvgIpc) is 2.86. The van der Waals surface area contributed by atoms with Gasteiger partial charge in [-0.2, -0.15) is 0 Å². The van der Waals surface area contributed by atoms with Gasteiger partial charge in [-0.3, -0.25) is 0 Å². The number of nitrogens with zero attached hydrogens (tertiary/aromatic N) is 2. The number of rotatable bonds is 7. The van der Waals surface area contributed by atoms with E-state index in [1.165, 1.54) is 6.07 Å². The molecule has 0 saturated carbocycles. The Morgan fingerprint density at radius 1 is 1.37 bits per heavy atom. The molecule has 2 aromatic rings. The minimum absolute atomic E-state index is 0.156. The highest BCUT2D eigenvalue weighted by Gasteiger charge is 2.04. The lowest BCUT2D eigenvalue weighted by molar-refractivity contribution is 0.210. The highest BCUT2D eigenvalue weighted by Crippen LogP contribution is 2.10. The minimum atomic E-state index is -0.156. The van der Waals surface area contributed by atoms with Crippen LogP contribution in [-0.4, -0.2) is 29.8 Å². The van der Waals surface area contributed by atoms with Gasteiger partial charge in [0.05, 0.1) is 6.61 Å². The summed E-state index contributed by atoms with van der Waals surface area (Å²) >= 11 is 0. The van der Waals surface area contributed by atoms with E-state index in [-0.39, 0.29) is 5.82 Å². The molecule has 0 fully saturated rings. The Labute approximate surface area is 112 Å². The second kappa shape index (κ2) is 6.89. The number of aromatic nitrogens is 2. The number of ether oxygens (including phenoxy) is 1. The Kier molecular flexibility index (Phi) is 4.92. The van der Waals surface area contributed by atoms with Crippen LogP contribution in [0.4, 0.5) is 10.3 Å². The van der Waals surface area contributed by atoms with Crippen LogP contribution >= 0.6 is 0 Å². The van der Waals surface area contributed by atoms with Gasteiger partial charge in [0.25, 0.3) is 0 Å². The van der Waals surface area contributed by atoms with Gasteiger partial charge in [0.1, 0.15) is 5.82 Å². The van der Waals surface area contributed by atoms with E-state index in [0.717, 1.165) is 11.5 Å². The maximum atomic E-state index is 13.5. The van der Waals surface area contributed by atoms with Gasteiger partial charge in [-0.25, -0.2) is 9.37 Å². The van der Waals surface area contributed by atoms with E-state index in [4.69, 9.17) is 4.74 Å². The molecule has 0 atom stereocenters. The van der Waals surface area contributed by atoms with Crippen molar-refractivity contribution < 1.29 is 9.13 Å². The molecule has 4 nitrogen and oxygen atoms in total. The molecule has 1 N–H and O–H groups in total. The zero-order valence-corrected chi connectivity index (χ0v) is 11.0. The Bertz CT molecular complexity index is 513. The van der Waals surface area contributed by atoms with Crippen LogP contribution in [0.5, 0.6) is 0 Å². The molecule has 0 unspecified atom stereocenters. The predicted octanol–water partition coefficient (Wildman–Crippen LogP) is 2.32. The monoisotopic (exact) mass is 263 g/mol. The highest BCUT2D eigenvalue weighted by molar-refractivity contribution is 5.26. The summed E-state index contributed by atoms with van der Waals surface area (Å²) in [4.78, 5) is 4.23. The first-order valence-corrected chi connectivity index (χ1v) is 6.28. The molecule has 1 heterocycles. The van der Waals surface area contributed by atoms with Gasteiger partial charge in [-0.15, -0.1) is 0 Å². The summed E-state index contributed by atoms with van der Waals surface area (Å²) in [6.07, 6.45) is 4.26. The minimum Gasteiger partial charge on any atom is -0.383 e. The third-order valence-electron chi connectivity index (χ3n) is 2.88. The van der Waals surface area contributed by atoms with Crippen LogP contribution < -0.4 is 5.32 Å². The van der Waals surface area contributed by atoms with E-state index in [2.05, 4.69) is 10.3 Å². The fourth-order valence-electron chi connectivity index (χ4n) is 1.86. The Hall–Kier alpha value is -1.88. The normalized spacial score (nSPS) is 10.6. The molecule has 1 aromatic heterocycles. The lowest BCUT2D eigenvalue weighted by Gasteiger charge is -2.09. The van der Waals surface area contributed by atoms with Crippen molar-refractivity contribution in [1.82, 2.24) is 9.55 Å². The number of methoxy groups -OCH3 is 1. The zero-order chi connectivity index (χ0) is 13.5. The third kappa shape index (κ3) is 3.79. The molecule has 0 saturated heterocycles. The van der Waals surface area contributed by atoms with Crippen molar-refractivity contribution in [3.05, 3.63) is 48.0 Å². The van der Waals surface area contributed by atoms with E-state index in [9.17, 15) is 4.39 Å². The molecule has 19 heavy (non-hydrogen) atoms. The molecule has 0 radical (unpaired) electrons. The number of benzene rings is 1. The second-order valence-corrected chi connectivity index (χ2v) is 4.21. The van der Waals surface area contributed by atoms with Crippen LogP contribution in [0.1, 0.15) is 5.56 Å². The fraction of sp³-hybridized carbons (Fsp3) is 0.357.